The minimum Gasteiger partial charge on any atom is -0.469 e. The van der Waals surface area contributed by atoms with E-state index >= 15 is 0 Å². The Hall–Kier alpha value is -3.40. The molecule has 1 fully saturated rings. The van der Waals surface area contributed by atoms with E-state index in [4.69, 9.17) is 27.9 Å². The van der Waals surface area contributed by atoms with E-state index in [2.05, 4.69) is 10.6 Å². The van der Waals surface area contributed by atoms with Gasteiger partial charge in [-0.15, -0.1) is 11.3 Å². The van der Waals surface area contributed by atoms with Crippen LogP contribution < -0.4 is 10.6 Å². The van der Waals surface area contributed by atoms with E-state index in [-0.39, 0.29) is 36.5 Å². The molecule has 0 bridgehead atoms. The molecule has 0 radical (unpaired) electrons. The summed E-state index contributed by atoms with van der Waals surface area (Å²) in [5.41, 5.74) is 1.28. The number of thiophene rings is 1. The second kappa shape index (κ2) is 13.8. The number of carbonyl (C=O) groups excluding carboxylic acids is 4. The number of anilines is 1. The molecule has 0 aliphatic carbocycles. The topological polar surface area (TPSA) is 105 Å². The molecule has 1 aliphatic rings. The number of halogens is 2. The zero-order valence-corrected chi connectivity index (χ0v) is 24.2. The quantitative estimate of drug-likeness (QED) is 0.247. The average molecular weight is 603 g/mol. The SMILES string of the molecule is COC(=O)C[C@H](CC(=O)Nc1ccccc1)NC(=O)C1CCN(C(=O)/C=C/c2cc3ccsc3c(Cl)c2Cl)CC1. The van der Waals surface area contributed by atoms with Gasteiger partial charge < -0.3 is 20.3 Å². The van der Waals surface area contributed by atoms with E-state index in [1.165, 1.54) is 24.5 Å². The molecule has 40 heavy (non-hydrogen) atoms. The number of hydrogen-bond acceptors (Lipinski definition) is 6. The lowest BCUT2D eigenvalue weighted by molar-refractivity contribution is -0.141. The number of amides is 3. The molecule has 1 aliphatic heterocycles. The standard InChI is InChI=1S/C29H29Cl2N3O5S/c1-39-25(37)17-22(16-23(35)32-21-5-3-2-4-6-21)33-29(38)18-9-12-34(13-10-18)24(36)8-7-19-15-20-11-14-40-28(20)27(31)26(19)30/h2-8,11,14-15,18,22H,9-10,12-13,16-17H2,1H3,(H,32,35)(H,33,38)/b8-7+/t22-/m0/s1. The summed E-state index contributed by atoms with van der Waals surface area (Å²) in [4.78, 5) is 52.0. The highest BCUT2D eigenvalue weighted by molar-refractivity contribution is 7.18. The predicted octanol–water partition coefficient (Wildman–Crippen LogP) is 5.54. The summed E-state index contributed by atoms with van der Waals surface area (Å²) in [6, 6.07) is 12.1. The van der Waals surface area contributed by atoms with E-state index in [1.54, 1.807) is 35.2 Å². The van der Waals surface area contributed by atoms with Crippen LogP contribution in [0.15, 0.2) is 53.9 Å². The van der Waals surface area contributed by atoms with E-state index in [0.29, 0.717) is 47.2 Å². The Balaban J connectivity index is 1.31. The van der Waals surface area contributed by atoms with Crippen molar-refractivity contribution in [1.82, 2.24) is 10.2 Å². The normalized spacial score (nSPS) is 14.7. The summed E-state index contributed by atoms with van der Waals surface area (Å²) in [5.74, 6) is -1.64. The van der Waals surface area contributed by atoms with Gasteiger partial charge in [0.25, 0.3) is 0 Å². The van der Waals surface area contributed by atoms with Gasteiger partial charge in [0.15, 0.2) is 0 Å². The number of benzene rings is 2. The zero-order chi connectivity index (χ0) is 28.6. The van der Waals surface area contributed by atoms with Gasteiger partial charge in [-0.1, -0.05) is 41.4 Å². The molecule has 1 aromatic heterocycles. The number of nitrogens with zero attached hydrogens (tertiary/aromatic N) is 1. The highest BCUT2D eigenvalue weighted by Crippen LogP contribution is 2.37. The third-order valence-electron chi connectivity index (χ3n) is 6.71. The van der Waals surface area contributed by atoms with Crippen LogP contribution in [0.5, 0.6) is 0 Å². The number of esters is 1. The van der Waals surface area contributed by atoms with Crippen LogP contribution >= 0.6 is 34.5 Å². The molecule has 8 nitrogen and oxygen atoms in total. The van der Waals surface area contributed by atoms with Gasteiger partial charge >= 0.3 is 5.97 Å². The number of piperidine rings is 1. The first-order chi connectivity index (χ1) is 19.2. The van der Waals surface area contributed by atoms with Gasteiger partial charge in [-0.25, -0.2) is 0 Å². The first-order valence-electron chi connectivity index (χ1n) is 12.8. The molecule has 210 valence electrons. The fraction of sp³-hybridized carbons (Fsp3) is 0.310. The first kappa shape index (κ1) is 29.6. The molecule has 3 aromatic rings. The number of methoxy groups -OCH3 is 1. The van der Waals surface area contributed by atoms with Crippen molar-refractivity contribution in [3.63, 3.8) is 0 Å². The highest BCUT2D eigenvalue weighted by atomic mass is 35.5. The molecule has 0 unspecified atom stereocenters. The maximum Gasteiger partial charge on any atom is 0.307 e. The Morgan fingerprint density at radius 2 is 1.80 bits per heavy atom. The molecule has 4 rings (SSSR count). The first-order valence-corrected chi connectivity index (χ1v) is 14.4. The molecule has 1 saturated heterocycles. The molecule has 2 aromatic carbocycles. The van der Waals surface area contributed by atoms with Crippen LogP contribution in [-0.4, -0.2) is 54.8 Å². The van der Waals surface area contributed by atoms with Gasteiger partial charge in [0.05, 0.1) is 28.3 Å². The van der Waals surface area contributed by atoms with Crippen molar-refractivity contribution >= 4 is 80.1 Å². The average Bonchev–Trinajstić information content (AvgIpc) is 3.43. The number of para-hydroxylation sites is 1. The number of rotatable bonds is 9. The Bertz CT molecular complexity index is 1420. The van der Waals surface area contributed by atoms with Crippen LogP contribution in [0.2, 0.25) is 10.0 Å². The number of nitrogens with one attached hydrogen (secondary N) is 2. The van der Waals surface area contributed by atoms with Gasteiger partial charge in [0.1, 0.15) is 0 Å². The van der Waals surface area contributed by atoms with Crippen LogP contribution in [0.3, 0.4) is 0 Å². The second-order valence-corrected chi connectivity index (χ2v) is 11.1. The van der Waals surface area contributed by atoms with Crippen molar-refractivity contribution in [2.45, 2.75) is 31.7 Å². The maximum atomic E-state index is 13.0. The molecule has 3 amide bonds. The molecule has 0 saturated carbocycles. The summed E-state index contributed by atoms with van der Waals surface area (Å²) in [7, 11) is 1.26. The molecule has 2 N–H and O–H groups in total. The largest absolute Gasteiger partial charge is 0.469 e. The van der Waals surface area contributed by atoms with Gasteiger partial charge in [-0.3, -0.25) is 19.2 Å². The van der Waals surface area contributed by atoms with E-state index in [9.17, 15) is 19.2 Å². The lowest BCUT2D eigenvalue weighted by Gasteiger charge is -2.31. The van der Waals surface area contributed by atoms with E-state index in [0.717, 1.165) is 10.1 Å². The molecule has 2 heterocycles. The Morgan fingerprint density at radius 3 is 2.50 bits per heavy atom. The van der Waals surface area contributed by atoms with Crippen molar-refractivity contribution in [3.8, 4) is 0 Å². The zero-order valence-electron chi connectivity index (χ0n) is 21.8. The van der Waals surface area contributed by atoms with E-state index in [1.807, 2.05) is 23.6 Å². The summed E-state index contributed by atoms with van der Waals surface area (Å²) in [5, 5.41) is 9.36. The number of ether oxygens (including phenoxy) is 1. The number of carbonyl (C=O) groups is 4. The second-order valence-electron chi connectivity index (χ2n) is 9.47. The monoisotopic (exact) mass is 601 g/mol. The summed E-state index contributed by atoms with van der Waals surface area (Å²) < 4.78 is 5.65. The Kier molecular flexibility index (Phi) is 10.2. The Morgan fingerprint density at radius 1 is 1.07 bits per heavy atom. The van der Waals surface area contributed by atoms with Crippen LogP contribution in [0.25, 0.3) is 16.2 Å². The minimum atomic E-state index is -0.719. The Labute approximate surface area is 246 Å². The van der Waals surface area contributed by atoms with Crippen LogP contribution in [-0.2, 0) is 23.9 Å². The maximum absolute atomic E-state index is 13.0. The summed E-state index contributed by atoms with van der Waals surface area (Å²) in [6.07, 6.45) is 3.83. The molecular weight excluding hydrogens is 573 g/mol. The molecule has 11 heteroatoms. The lowest BCUT2D eigenvalue weighted by atomic mass is 9.95. The third-order valence-corrected chi connectivity index (χ3v) is 8.65. The molecule has 0 spiro atoms. The van der Waals surface area contributed by atoms with Crippen molar-refractivity contribution in [1.29, 1.82) is 0 Å². The van der Waals surface area contributed by atoms with Crippen molar-refractivity contribution in [3.05, 3.63) is 69.5 Å². The van der Waals surface area contributed by atoms with Gasteiger partial charge in [0, 0.05) is 43.2 Å². The van der Waals surface area contributed by atoms with Crippen molar-refractivity contribution in [2.24, 2.45) is 5.92 Å². The predicted molar refractivity (Wildman–Crippen MR) is 158 cm³/mol. The van der Waals surface area contributed by atoms with Gasteiger partial charge in [-0.2, -0.15) is 0 Å². The fourth-order valence-corrected chi connectivity index (χ4v) is 5.99. The van der Waals surface area contributed by atoms with Crippen LogP contribution in [0.1, 0.15) is 31.2 Å². The minimum absolute atomic E-state index is 0.0817. The van der Waals surface area contributed by atoms with E-state index < -0.39 is 12.0 Å². The third kappa shape index (κ3) is 7.62. The van der Waals surface area contributed by atoms with Crippen molar-refractivity contribution < 1.29 is 23.9 Å². The van der Waals surface area contributed by atoms with Crippen molar-refractivity contribution in [2.75, 3.05) is 25.5 Å². The van der Waals surface area contributed by atoms with Gasteiger partial charge in [0.2, 0.25) is 17.7 Å². The van der Waals surface area contributed by atoms with Crippen LogP contribution in [0, 0.1) is 5.92 Å². The lowest BCUT2D eigenvalue weighted by Crippen LogP contribution is -2.46. The number of likely N-dealkylation sites (tertiary alicyclic amines) is 1. The van der Waals surface area contributed by atoms with Crippen LogP contribution in [0.4, 0.5) is 5.69 Å². The molecule has 1 atom stereocenters. The number of hydrogen-bond donors (Lipinski definition) is 2. The van der Waals surface area contributed by atoms with Gasteiger partial charge in [-0.05, 0) is 59.5 Å². The smallest absolute Gasteiger partial charge is 0.307 e. The highest BCUT2D eigenvalue weighted by Gasteiger charge is 2.29. The summed E-state index contributed by atoms with van der Waals surface area (Å²) >= 11 is 14.3. The fourth-order valence-electron chi connectivity index (χ4n) is 4.55. The summed E-state index contributed by atoms with van der Waals surface area (Å²) in [6.45, 7) is 0.797. The number of fused-ring (bicyclic) bond motifs is 1. The molecular formula is C29H29Cl2N3O5S.